The third-order valence-electron chi connectivity index (χ3n) is 5.21. The normalized spacial score (nSPS) is 34.7. The van der Waals surface area contributed by atoms with Crippen molar-refractivity contribution < 1.29 is 13.7 Å². The average molecular weight is 318 g/mol. The van der Waals surface area contributed by atoms with Gasteiger partial charge in [-0.25, -0.2) is 4.39 Å². The average Bonchev–Trinajstić information content (AvgIpc) is 2.50. The molecule has 0 saturated carbocycles. The van der Waals surface area contributed by atoms with E-state index in [2.05, 4.69) is 0 Å². The van der Waals surface area contributed by atoms with E-state index in [0.717, 1.165) is 30.2 Å². The molecule has 0 amide bonds. The molecule has 0 radical (unpaired) electrons. The first kappa shape index (κ1) is 14.3. The molecular weight excluding hydrogens is 299 g/mol. The van der Waals surface area contributed by atoms with Crippen LogP contribution < -0.4 is 0 Å². The Labute approximate surface area is 131 Å². The van der Waals surface area contributed by atoms with Gasteiger partial charge in [0.05, 0.1) is 5.60 Å². The monoisotopic (exact) mass is 318 g/mol. The molecule has 2 bridgehead atoms. The van der Waals surface area contributed by atoms with Crippen LogP contribution in [0.25, 0.3) is 10.8 Å². The molecule has 0 aromatic heterocycles. The van der Waals surface area contributed by atoms with Gasteiger partial charge in [-0.1, -0.05) is 36.8 Å². The molecular formula is C18H19FO2S. The van der Waals surface area contributed by atoms with E-state index in [1.165, 1.54) is 6.07 Å². The smallest absolute Gasteiger partial charge is 0.131 e. The van der Waals surface area contributed by atoms with Gasteiger partial charge in [0.2, 0.25) is 0 Å². The summed E-state index contributed by atoms with van der Waals surface area (Å²) in [4.78, 5) is 0. The summed E-state index contributed by atoms with van der Waals surface area (Å²) in [6, 6.07) is 10.4. The molecule has 4 rings (SSSR count). The van der Waals surface area contributed by atoms with Gasteiger partial charge < -0.3 is 5.11 Å². The third-order valence-corrected chi connectivity index (χ3v) is 7.33. The fraction of sp³-hybridized carbons (Fsp3) is 0.444. The standard InChI is InChI=1S/C18H19FO2S/c19-17-9-8-16(14-6-1-2-7-15(14)17)18(20)10-12-4-3-5-13(11-18)22(12)21/h1-2,6-9,12-13,20H,3-5,10-11H2. The van der Waals surface area contributed by atoms with Gasteiger partial charge in [0.25, 0.3) is 0 Å². The molecule has 2 aliphatic heterocycles. The summed E-state index contributed by atoms with van der Waals surface area (Å²) in [5, 5.41) is 12.8. The van der Waals surface area contributed by atoms with Crippen LogP contribution in [0.2, 0.25) is 0 Å². The van der Waals surface area contributed by atoms with E-state index < -0.39 is 16.4 Å². The lowest BCUT2D eigenvalue weighted by atomic mass is 9.78. The van der Waals surface area contributed by atoms with Gasteiger partial charge in [-0.2, -0.15) is 0 Å². The zero-order chi connectivity index (χ0) is 15.3. The Kier molecular flexibility index (Phi) is 3.35. The zero-order valence-electron chi connectivity index (χ0n) is 12.3. The van der Waals surface area contributed by atoms with Crippen molar-refractivity contribution in [3.63, 3.8) is 0 Å². The van der Waals surface area contributed by atoms with E-state index >= 15 is 0 Å². The van der Waals surface area contributed by atoms with Crippen LogP contribution in [0.5, 0.6) is 0 Å². The maximum atomic E-state index is 14.0. The van der Waals surface area contributed by atoms with Crippen molar-refractivity contribution in [2.24, 2.45) is 0 Å². The molecule has 0 spiro atoms. The first-order valence-electron chi connectivity index (χ1n) is 7.88. The van der Waals surface area contributed by atoms with Gasteiger partial charge in [-0.15, -0.1) is 0 Å². The minimum Gasteiger partial charge on any atom is -0.385 e. The van der Waals surface area contributed by atoms with Gasteiger partial charge in [0, 0.05) is 26.7 Å². The molecule has 0 aliphatic carbocycles. The molecule has 2 aromatic rings. The Morgan fingerprint density at radius 1 is 1.05 bits per heavy atom. The summed E-state index contributed by atoms with van der Waals surface area (Å²) in [5.41, 5.74) is -0.199. The van der Waals surface area contributed by atoms with E-state index in [1.54, 1.807) is 12.1 Å². The Morgan fingerprint density at radius 2 is 1.68 bits per heavy atom. The second kappa shape index (κ2) is 5.14. The lowest BCUT2D eigenvalue weighted by Gasteiger charge is -2.44. The minimum absolute atomic E-state index is 0.0707. The highest BCUT2D eigenvalue weighted by atomic mass is 32.2. The van der Waals surface area contributed by atoms with Crippen LogP contribution in [0, 0.1) is 5.82 Å². The van der Waals surface area contributed by atoms with Crippen molar-refractivity contribution in [1.82, 2.24) is 0 Å². The predicted octanol–water partition coefficient (Wildman–Crippen LogP) is 3.63. The number of aliphatic hydroxyl groups is 1. The predicted molar refractivity (Wildman–Crippen MR) is 86.6 cm³/mol. The third kappa shape index (κ3) is 2.12. The lowest BCUT2D eigenvalue weighted by molar-refractivity contribution is 0.00791. The molecule has 22 heavy (non-hydrogen) atoms. The number of halogens is 1. The Morgan fingerprint density at radius 3 is 2.36 bits per heavy atom. The van der Waals surface area contributed by atoms with Crippen LogP contribution in [0.1, 0.15) is 37.7 Å². The van der Waals surface area contributed by atoms with Crippen molar-refractivity contribution in [3.05, 3.63) is 47.8 Å². The highest BCUT2D eigenvalue weighted by Crippen LogP contribution is 2.46. The molecule has 1 N–H and O–H groups in total. The maximum Gasteiger partial charge on any atom is 0.131 e. The number of rotatable bonds is 1. The van der Waals surface area contributed by atoms with E-state index in [-0.39, 0.29) is 16.3 Å². The molecule has 2 heterocycles. The van der Waals surface area contributed by atoms with Gasteiger partial charge >= 0.3 is 0 Å². The Bertz CT molecular complexity index is 742. The second-order valence-corrected chi connectivity index (χ2v) is 8.57. The summed E-state index contributed by atoms with van der Waals surface area (Å²) in [6.45, 7) is 0. The molecule has 2 atom stereocenters. The summed E-state index contributed by atoms with van der Waals surface area (Å²) in [6.07, 6.45) is 3.98. The van der Waals surface area contributed by atoms with Crippen LogP contribution >= 0.6 is 0 Å². The molecule has 2 aromatic carbocycles. The van der Waals surface area contributed by atoms with Crippen LogP contribution in [-0.4, -0.2) is 19.8 Å². The number of fused-ring (bicyclic) bond motifs is 3. The SMILES string of the molecule is O=S1C2CCCC1CC(O)(c1ccc(F)c3ccccc13)C2. The number of hydrogen-bond acceptors (Lipinski definition) is 2. The van der Waals surface area contributed by atoms with Crippen LogP contribution in [0.15, 0.2) is 36.4 Å². The van der Waals surface area contributed by atoms with Gasteiger partial charge in [0.1, 0.15) is 5.82 Å². The van der Waals surface area contributed by atoms with Gasteiger partial charge in [-0.05, 0) is 42.7 Å². The number of hydrogen-bond donors (Lipinski definition) is 1. The van der Waals surface area contributed by atoms with E-state index in [4.69, 9.17) is 0 Å². The fourth-order valence-electron chi connectivity index (χ4n) is 4.17. The largest absolute Gasteiger partial charge is 0.385 e. The van der Waals surface area contributed by atoms with Crippen molar-refractivity contribution in [1.29, 1.82) is 0 Å². The molecule has 2 unspecified atom stereocenters. The van der Waals surface area contributed by atoms with Crippen molar-refractivity contribution in [2.75, 3.05) is 0 Å². The maximum absolute atomic E-state index is 14.0. The zero-order valence-corrected chi connectivity index (χ0v) is 13.1. The Hall–Kier alpha value is -1.26. The summed E-state index contributed by atoms with van der Waals surface area (Å²) >= 11 is 0. The molecule has 4 heteroatoms. The molecule has 2 fully saturated rings. The van der Waals surface area contributed by atoms with Crippen molar-refractivity contribution >= 4 is 21.6 Å². The molecule has 116 valence electrons. The second-order valence-electron chi connectivity index (χ2n) is 6.58. The topological polar surface area (TPSA) is 37.3 Å². The quantitative estimate of drug-likeness (QED) is 0.872. The van der Waals surface area contributed by atoms with E-state index in [9.17, 15) is 13.7 Å². The van der Waals surface area contributed by atoms with Crippen molar-refractivity contribution in [2.45, 2.75) is 48.2 Å². The van der Waals surface area contributed by atoms with Gasteiger partial charge in [-0.3, -0.25) is 4.21 Å². The fourth-order valence-corrected chi connectivity index (χ4v) is 6.39. The molecule has 2 aliphatic rings. The highest BCUT2D eigenvalue weighted by Gasteiger charge is 2.46. The van der Waals surface area contributed by atoms with Crippen molar-refractivity contribution in [3.8, 4) is 0 Å². The van der Waals surface area contributed by atoms with Gasteiger partial charge in [0.15, 0.2) is 0 Å². The van der Waals surface area contributed by atoms with Crippen LogP contribution in [-0.2, 0) is 16.4 Å². The summed E-state index contributed by atoms with van der Waals surface area (Å²) in [7, 11) is -0.829. The van der Waals surface area contributed by atoms with E-state index in [0.29, 0.717) is 18.2 Å². The first-order valence-corrected chi connectivity index (χ1v) is 9.15. The lowest BCUT2D eigenvalue weighted by Crippen LogP contribution is -2.47. The molecule has 2 nitrogen and oxygen atoms in total. The van der Waals surface area contributed by atoms with Crippen LogP contribution in [0.3, 0.4) is 0 Å². The van der Waals surface area contributed by atoms with E-state index in [1.807, 2.05) is 18.2 Å². The molecule has 2 saturated heterocycles. The summed E-state index contributed by atoms with van der Waals surface area (Å²) < 4.78 is 26.4. The number of benzene rings is 2. The first-order chi connectivity index (χ1) is 10.6. The highest BCUT2D eigenvalue weighted by molar-refractivity contribution is 7.86. The van der Waals surface area contributed by atoms with Crippen LogP contribution in [0.4, 0.5) is 4.39 Å². The minimum atomic E-state index is -0.989. The Balaban J connectivity index is 1.85. The summed E-state index contributed by atoms with van der Waals surface area (Å²) in [5.74, 6) is -0.262.